The molecule has 0 amide bonds. The van der Waals surface area contributed by atoms with Crippen molar-refractivity contribution in [2.75, 3.05) is 18.4 Å². The molecule has 3 aromatic rings. The maximum atomic E-state index is 12.0. The molecule has 2 N–H and O–H groups in total. The normalized spacial score (nSPS) is 15.1. The number of aliphatic hydroxyl groups is 1. The third-order valence-electron chi connectivity index (χ3n) is 5.90. The van der Waals surface area contributed by atoms with E-state index in [4.69, 9.17) is 23.8 Å². The van der Waals surface area contributed by atoms with Crippen LogP contribution < -0.4 is 5.32 Å². The summed E-state index contributed by atoms with van der Waals surface area (Å²) in [5, 5.41) is 16.7. The standard InChI is InChI=1S/C25H25ClN2OS/c26-22-11-13-23(14-12-22)27-24(30)28-17-15-21(16-18-28)25(29,19-7-3-1-4-8-19)20-9-5-2-6-10-20/h1-14,21,29H,15-18H2,(H,27,30). The van der Waals surface area contributed by atoms with Crippen LogP contribution in [0.4, 0.5) is 5.69 Å². The van der Waals surface area contributed by atoms with Crippen molar-refractivity contribution in [1.82, 2.24) is 4.90 Å². The summed E-state index contributed by atoms with van der Waals surface area (Å²) in [4.78, 5) is 2.18. The molecule has 154 valence electrons. The van der Waals surface area contributed by atoms with Gasteiger partial charge in [-0.25, -0.2) is 0 Å². The van der Waals surface area contributed by atoms with Gasteiger partial charge in [0.1, 0.15) is 5.60 Å². The molecule has 0 saturated carbocycles. The number of hydrogen-bond donors (Lipinski definition) is 2. The van der Waals surface area contributed by atoms with Crippen LogP contribution in [0.3, 0.4) is 0 Å². The zero-order chi connectivity index (χ0) is 21.0. The van der Waals surface area contributed by atoms with E-state index in [1.807, 2.05) is 84.9 Å². The van der Waals surface area contributed by atoms with E-state index in [0.29, 0.717) is 10.1 Å². The van der Waals surface area contributed by atoms with Gasteiger partial charge in [-0.3, -0.25) is 0 Å². The van der Waals surface area contributed by atoms with Crippen molar-refractivity contribution >= 4 is 34.6 Å². The van der Waals surface area contributed by atoms with Crippen molar-refractivity contribution in [2.24, 2.45) is 5.92 Å². The second-order valence-electron chi connectivity index (χ2n) is 7.70. The number of nitrogens with one attached hydrogen (secondary N) is 1. The molecule has 0 bridgehead atoms. The fraction of sp³-hybridized carbons (Fsp3) is 0.240. The molecule has 4 rings (SSSR count). The van der Waals surface area contributed by atoms with E-state index in [1.165, 1.54) is 0 Å². The molecule has 0 spiro atoms. The molecule has 1 aliphatic heterocycles. The van der Waals surface area contributed by atoms with Crippen molar-refractivity contribution in [1.29, 1.82) is 0 Å². The van der Waals surface area contributed by atoms with Crippen LogP contribution in [-0.2, 0) is 5.60 Å². The second kappa shape index (κ2) is 9.17. The number of nitrogens with zero attached hydrogens (tertiary/aromatic N) is 1. The van der Waals surface area contributed by atoms with Crippen molar-refractivity contribution in [3.8, 4) is 0 Å². The smallest absolute Gasteiger partial charge is 0.173 e. The molecule has 3 nitrogen and oxygen atoms in total. The van der Waals surface area contributed by atoms with Crippen LogP contribution in [0.25, 0.3) is 0 Å². The third-order valence-corrected chi connectivity index (χ3v) is 6.51. The minimum atomic E-state index is -1.01. The van der Waals surface area contributed by atoms with Crippen LogP contribution in [0, 0.1) is 5.92 Å². The highest BCUT2D eigenvalue weighted by Gasteiger charge is 2.41. The quantitative estimate of drug-likeness (QED) is 0.515. The topological polar surface area (TPSA) is 35.5 Å². The lowest BCUT2D eigenvalue weighted by molar-refractivity contribution is -0.00631. The van der Waals surface area contributed by atoms with Gasteiger partial charge in [0, 0.05) is 23.8 Å². The van der Waals surface area contributed by atoms with Gasteiger partial charge in [-0.05, 0) is 66.4 Å². The molecular formula is C25H25ClN2OS. The lowest BCUT2D eigenvalue weighted by Gasteiger charge is -2.43. The first kappa shape index (κ1) is 20.9. The van der Waals surface area contributed by atoms with Crippen LogP contribution in [0.15, 0.2) is 84.9 Å². The fourth-order valence-electron chi connectivity index (χ4n) is 4.26. The Morgan fingerprint density at radius 3 is 1.87 bits per heavy atom. The van der Waals surface area contributed by atoms with Crippen molar-refractivity contribution in [2.45, 2.75) is 18.4 Å². The van der Waals surface area contributed by atoms with E-state index in [1.54, 1.807) is 0 Å². The number of likely N-dealkylation sites (tertiary alicyclic amines) is 1. The van der Waals surface area contributed by atoms with Crippen molar-refractivity contribution < 1.29 is 5.11 Å². The maximum Gasteiger partial charge on any atom is 0.173 e. The molecule has 0 aliphatic carbocycles. The van der Waals surface area contributed by atoms with E-state index in [0.717, 1.165) is 42.7 Å². The van der Waals surface area contributed by atoms with Crippen LogP contribution in [0.1, 0.15) is 24.0 Å². The average molecular weight is 437 g/mol. The number of rotatable bonds is 4. The van der Waals surface area contributed by atoms with E-state index >= 15 is 0 Å². The van der Waals surface area contributed by atoms with Gasteiger partial charge in [-0.2, -0.15) is 0 Å². The van der Waals surface area contributed by atoms with E-state index < -0.39 is 5.60 Å². The monoisotopic (exact) mass is 436 g/mol. The summed E-state index contributed by atoms with van der Waals surface area (Å²) in [6.07, 6.45) is 1.70. The largest absolute Gasteiger partial charge is 0.380 e. The highest BCUT2D eigenvalue weighted by Crippen LogP contribution is 2.41. The van der Waals surface area contributed by atoms with Gasteiger partial charge in [-0.1, -0.05) is 72.3 Å². The number of piperidine rings is 1. The first-order chi connectivity index (χ1) is 14.6. The molecule has 0 aromatic heterocycles. The Morgan fingerprint density at radius 2 is 1.37 bits per heavy atom. The Kier molecular flexibility index (Phi) is 6.38. The first-order valence-electron chi connectivity index (χ1n) is 10.2. The number of benzene rings is 3. The molecule has 30 heavy (non-hydrogen) atoms. The Hall–Kier alpha value is -2.40. The summed E-state index contributed by atoms with van der Waals surface area (Å²) in [6.45, 7) is 1.60. The fourth-order valence-corrected chi connectivity index (χ4v) is 4.69. The summed E-state index contributed by atoms with van der Waals surface area (Å²) in [5.74, 6) is 0.108. The predicted molar refractivity (Wildman–Crippen MR) is 128 cm³/mol. The molecule has 0 radical (unpaired) electrons. The van der Waals surface area contributed by atoms with Crippen molar-refractivity contribution in [3.05, 3.63) is 101 Å². The van der Waals surface area contributed by atoms with E-state index in [9.17, 15) is 5.11 Å². The minimum absolute atomic E-state index is 0.108. The van der Waals surface area contributed by atoms with Crippen LogP contribution in [-0.4, -0.2) is 28.2 Å². The van der Waals surface area contributed by atoms with Crippen molar-refractivity contribution in [3.63, 3.8) is 0 Å². The molecule has 3 aromatic carbocycles. The average Bonchev–Trinajstić information content (AvgIpc) is 2.81. The zero-order valence-electron chi connectivity index (χ0n) is 16.7. The maximum absolute atomic E-state index is 12.0. The van der Waals surface area contributed by atoms with E-state index in [2.05, 4.69) is 10.2 Å². The number of thiocarbonyl (C=S) groups is 1. The molecular weight excluding hydrogens is 412 g/mol. The highest BCUT2D eigenvalue weighted by atomic mass is 35.5. The third kappa shape index (κ3) is 4.36. The number of hydrogen-bond acceptors (Lipinski definition) is 2. The lowest BCUT2D eigenvalue weighted by atomic mass is 9.72. The summed E-state index contributed by atoms with van der Waals surface area (Å²) in [6, 6.07) is 27.5. The molecule has 1 heterocycles. The Balaban J connectivity index is 1.49. The van der Waals surface area contributed by atoms with Crippen LogP contribution in [0.2, 0.25) is 5.02 Å². The molecule has 1 saturated heterocycles. The van der Waals surface area contributed by atoms with Gasteiger partial charge in [0.15, 0.2) is 5.11 Å². The van der Waals surface area contributed by atoms with Crippen LogP contribution in [0.5, 0.6) is 0 Å². The summed E-state index contributed by atoms with van der Waals surface area (Å²) >= 11 is 11.6. The second-order valence-corrected chi connectivity index (χ2v) is 8.52. The molecule has 1 aliphatic rings. The lowest BCUT2D eigenvalue weighted by Crippen LogP contribution is -2.47. The molecule has 1 fully saturated rings. The van der Waals surface area contributed by atoms with Gasteiger partial charge in [0.25, 0.3) is 0 Å². The zero-order valence-corrected chi connectivity index (χ0v) is 18.2. The number of halogens is 1. The van der Waals surface area contributed by atoms with Gasteiger partial charge in [0.05, 0.1) is 0 Å². The molecule has 0 unspecified atom stereocenters. The van der Waals surface area contributed by atoms with E-state index in [-0.39, 0.29) is 5.92 Å². The number of anilines is 1. The summed E-state index contributed by atoms with van der Waals surface area (Å²) < 4.78 is 0. The predicted octanol–water partition coefficient (Wildman–Crippen LogP) is 5.68. The Morgan fingerprint density at radius 1 is 0.867 bits per heavy atom. The van der Waals surface area contributed by atoms with Crippen LogP contribution >= 0.6 is 23.8 Å². The Bertz CT molecular complexity index is 932. The first-order valence-corrected chi connectivity index (χ1v) is 11.0. The summed E-state index contributed by atoms with van der Waals surface area (Å²) in [5.41, 5.74) is 1.80. The SMILES string of the molecule is OC(c1ccccc1)(c1ccccc1)C1CCN(C(=S)Nc2ccc(Cl)cc2)CC1. The molecule has 5 heteroatoms. The Labute approximate surface area is 188 Å². The van der Waals surface area contributed by atoms with Gasteiger partial charge in [0.2, 0.25) is 0 Å². The molecule has 0 atom stereocenters. The summed E-state index contributed by atoms with van der Waals surface area (Å²) in [7, 11) is 0. The van der Waals surface area contributed by atoms with Gasteiger partial charge < -0.3 is 15.3 Å². The van der Waals surface area contributed by atoms with Gasteiger partial charge in [-0.15, -0.1) is 0 Å². The highest BCUT2D eigenvalue weighted by molar-refractivity contribution is 7.80. The van der Waals surface area contributed by atoms with Gasteiger partial charge >= 0.3 is 0 Å². The minimum Gasteiger partial charge on any atom is -0.380 e.